The first-order valence-corrected chi connectivity index (χ1v) is 8.71. The van der Waals surface area contributed by atoms with Crippen LogP contribution >= 0.6 is 0 Å². The number of hydrogen-bond donors (Lipinski definition) is 3. The van der Waals surface area contributed by atoms with E-state index in [0.717, 1.165) is 24.2 Å². The van der Waals surface area contributed by atoms with Gasteiger partial charge in [0.2, 0.25) is 0 Å². The number of carbonyl (C=O) groups excluding carboxylic acids is 2. The Labute approximate surface area is 161 Å². The van der Waals surface area contributed by atoms with Gasteiger partial charge < -0.3 is 20.6 Å². The van der Waals surface area contributed by atoms with Gasteiger partial charge in [0.25, 0.3) is 5.69 Å². The Morgan fingerprint density at radius 2 is 2.00 bits per heavy atom. The molecule has 0 fully saturated rings. The van der Waals surface area contributed by atoms with E-state index in [0.29, 0.717) is 5.56 Å². The van der Waals surface area contributed by atoms with Crippen molar-refractivity contribution < 1.29 is 19.6 Å². The maximum Gasteiger partial charge on any atom is 0.313 e. The number of hydrogen-bond acceptors (Lipinski definition) is 6. The minimum atomic E-state index is -1.04. The number of nitro groups is 1. The molecule has 0 saturated carbocycles. The standard InChI is InChI=1S/C19H20N4O5/c1-22-9-8-12-10-13(6-7-15(12)22)17(24)11-20-18(25)19(26)21-14-4-2-3-5-16(14)23(27)28/h2-7,10,17,24H,8-9,11H2,1H3,(H,20,25)(H,21,26). The quantitative estimate of drug-likeness (QED) is 0.406. The lowest BCUT2D eigenvalue weighted by Crippen LogP contribution is -2.37. The number of nitrogens with one attached hydrogen (secondary N) is 2. The SMILES string of the molecule is CN1CCc2cc(C(O)CNC(=O)C(=O)Nc3ccccc3[N+](=O)[O-])ccc21. The van der Waals surface area contributed by atoms with E-state index in [9.17, 15) is 24.8 Å². The summed E-state index contributed by atoms with van der Waals surface area (Å²) in [4.78, 5) is 36.4. The van der Waals surface area contributed by atoms with Crippen molar-refractivity contribution in [3.8, 4) is 0 Å². The molecule has 9 nitrogen and oxygen atoms in total. The largest absolute Gasteiger partial charge is 0.387 e. The summed E-state index contributed by atoms with van der Waals surface area (Å²) < 4.78 is 0. The predicted molar refractivity (Wildman–Crippen MR) is 103 cm³/mol. The summed E-state index contributed by atoms with van der Waals surface area (Å²) in [6, 6.07) is 11.1. The molecule has 1 aliphatic rings. The lowest BCUT2D eigenvalue weighted by Gasteiger charge is -2.15. The number of aliphatic hydroxyl groups is 1. The van der Waals surface area contributed by atoms with Gasteiger partial charge in [-0.05, 0) is 29.7 Å². The zero-order valence-corrected chi connectivity index (χ0v) is 15.2. The van der Waals surface area contributed by atoms with Gasteiger partial charge in [-0.2, -0.15) is 0 Å². The number of fused-ring (bicyclic) bond motifs is 1. The highest BCUT2D eigenvalue weighted by atomic mass is 16.6. The van der Waals surface area contributed by atoms with Crippen molar-refractivity contribution in [3.63, 3.8) is 0 Å². The second-order valence-electron chi connectivity index (χ2n) is 6.51. The molecule has 1 heterocycles. The van der Waals surface area contributed by atoms with Crippen molar-refractivity contribution >= 4 is 28.9 Å². The Hall–Kier alpha value is -3.46. The molecule has 1 unspecified atom stereocenters. The molecule has 0 bridgehead atoms. The van der Waals surface area contributed by atoms with Gasteiger partial charge in [0, 0.05) is 31.9 Å². The fourth-order valence-electron chi connectivity index (χ4n) is 3.10. The average molecular weight is 384 g/mol. The fraction of sp³-hybridized carbons (Fsp3) is 0.263. The molecule has 3 rings (SSSR count). The van der Waals surface area contributed by atoms with E-state index in [-0.39, 0.29) is 17.9 Å². The first-order valence-electron chi connectivity index (χ1n) is 8.71. The fourth-order valence-corrected chi connectivity index (χ4v) is 3.10. The third-order valence-corrected chi connectivity index (χ3v) is 4.63. The minimum absolute atomic E-state index is 0.0732. The van der Waals surface area contributed by atoms with Gasteiger partial charge in [-0.3, -0.25) is 19.7 Å². The molecule has 146 valence electrons. The van der Waals surface area contributed by atoms with Crippen molar-refractivity contribution in [1.82, 2.24) is 5.32 Å². The third-order valence-electron chi connectivity index (χ3n) is 4.63. The van der Waals surface area contributed by atoms with E-state index >= 15 is 0 Å². The van der Waals surface area contributed by atoms with E-state index in [2.05, 4.69) is 15.5 Å². The van der Waals surface area contributed by atoms with Gasteiger partial charge in [-0.25, -0.2) is 0 Å². The topological polar surface area (TPSA) is 125 Å². The van der Waals surface area contributed by atoms with Crippen LogP contribution in [-0.4, -0.2) is 42.0 Å². The Morgan fingerprint density at radius 1 is 1.25 bits per heavy atom. The van der Waals surface area contributed by atoms with Gasteiger partial charge in [0.15, 0.2) is 0 Å². The van der Waals surface area contributed by atoms with E-state index in [1.165, 1.54) is 24.3 Å². The molecule has 0 aromatic heterocycles. The van der Waals surface area contributed by atoms with Crippen LogP contribution in [0.1, 0.15) is 17.2 Å². The number of nitro benzene ring substituents is 1. The number of likely N-dealkylation sites (N-methyl/N-ethyl adjacent to an activating group) is 1. The second kappa shape index (κ2) is 8.05. The predicted octanol–water partition coefficient (Wildman–Crippen LogP) is 1.38. The minimum Gasteiger partial charge on any atom is -0.387 e. The molecule has 3 N–H and O–H groups in total. The Balaban J connectivity index is 1.58. The number of para-hydroxylation sites is 2. The van der Waals surface area contributed by atoms with Gasteiger partial charge >= 0.3 is 11.8 Å². The summed E-state index contributed by atoms with van der Waals surface area (Å²) in [5, 5.41) is 25.8. The van der Waals surface area contributed by atoms with Gasteiger partial charge in [0.05, 0.1) is 11.0 Å². The van der Waals surface area contributed by atoms with Crippen molar-refractivity contribution in [2.75, 3.05) is 30.4 Å². The summed E-state index contributed by atoms with van der Waals surface area (Å²) >= 11 is 0. The van der Waals surface area contributed by atoms with Crippen molar-refractivity contribution in [1.29, 1.82) is 0 Å². The number of nitrogens with zero attached hydrogens (tertiary/aromatic N) is 2. The van der Waals surface area contributed by atoms with Crippen LogP contribution in [-0.2, 0) is 16.0 Å². The van der Waals surface area contributed by atoms with E-state index in [1.54, 1.807) is 6.07 Å². The van der Waals surface area contributed by atoms with Crippen LogP contribution in [0.25, 0.3) is 0 Å². The number of aliphatic hydroxyl groups excluding tert-OH is 1. The van der Waals surface area contributed by atoms with Crippen LogP contribution < -0.4 is 15.5 Å². The van der Waals surface area contributed by atoms with Crippen LogP contribution in [0.5, 0.6) is 0 Å². The molecule has 1 aliphatic heterocycles. The Bertz CT molecular complexity index is 930. The van der Waals surface area contributed by atoms with Gasteiger partial charge in [0.1, 0.15) is 5.69 Å². The van der Waals surface area contributed by atoms with E-state index < -0.39 is 22.8 Å². The van der Waals surface area contributed by atoms with Crippen molar-refractivity contribution in [3.05, 3.63) is 63.7 Å². The molecule has 28 heavy (non-hydrogen) atoms. The molecule has 0 spiro atoms. The molecule has 1 atom stereocenters. The van der Waals surface area contributed by atoms with Crippen LogP contribution in [0, 0.1) is 10.1 Å². The van der Waals surface area contributed by atoms with E-state index in [1.807, 2.05) is 19.2 Å². The molecule has 9 heteroatoms. The summed E-state index contributed by atoms with van der Waals surface area (Å²) in [7, 11) is 2.00. The van der Waals surface area contributed by atoms with Crippen molar-refractivity contribution in [2.24, 2.45) is 0 Å². The highest BCUT2D eigenvalue weighted by Gasteiger charge is 2.21. The maximum atomic E-state index is 12.0. The Morgan fingerprint density at radius 3 is 2.75 bits per heavy atom. The smallest absolute Gasteiger partial charge is 0.313 e. The summed E-state index contributed by atoms with van der Waals surface area (Å²) in [6.45, 7) is 0.759. The molecule has 2 aromatic rings. The highest BCUT2D eigenvalue weighted by molar-refractivity contribution is 6.39. The first-order chi connectivity index (χ1) is 13.4. The Kier molecular flexibility index (Phi) is 5.55. The first kappa shape index (κ1) is 19.3. The lowest BCUT2D eigenvalue weighted by atomic mass is 10.0. The second-order valence-corrected chi connectivity index (χ2v) is 6.51. The zero-order valence-electron chi connectivity index (χ0n) is 15.2. The molecule has 2 aromatic carbocycles. The van der Waals surface area contributed by atoms with Gasteiger partial charge in [-0.15, -0.1) is 0 Å². The van der Waals surface area contributed by atoms with Crippen molar-refractivity contribution in [2.45, 2.75) is 12.5 Å². The summed E-state index contributed by atoms with van der Waals surface area (Å²) in [5.74, 6) is -2.03. The monoisotopic (exact) mass is 384 g/mol. The highest BCUT2D eigenvalue weighted by Crippen LogP contribution is 2.29. The zero-order chi connectivity index (χ0) is 20.3. The number of benzene rings is 2. The number of amides is 2. The maximum absolute atomic E-state index is 12.0. The lowest BCUT2D eigenvalue weighted by molar-refractivity contribution is -0.383. The van der Waals surface area contributed by atoms with Gasteiger partial charge in [-0.1, -0.05) is 24.3 Å². The van der Waals surface area contributed by atoms with Crippen LogP contribution in [0.4, 0.5) is 17.1 Å². The molecule has 0 saturated heterocycles. The number of carbonyl (C=O) groups is 2. The molecular weight excluding hydrogens is 364 g/mol. The summed E-state index contributed by atoms with van der Waals surface area (Å²) in [5.41, 5.74) is 2.50. The van der Waals surface area contributed by atoms with E-state index in [4.69, 9.17) is 0 Å². The van der Waals surface area contributed by atoms with Crippen LogP contribution in [0.3, 0.4) is 0 Å². The average Bonchev–Trinajstić information content (AvgIpc) is 3.06. The molecule has 0 aliphatic carbocycles. The molecular formula is C19H20N4O5. The number of rotatable bonds is 5. The molecule has 0 radical (unpaired) electrons. The number of anilines is 2. The normalized spacial score (nSPS) is 13.6. The van der Waals surface area contributed by atoms with Crippen LogP contribution in [0.2, 0.25) is 0 Å². The molecule has 2 amide bonds. The van der Waals surface area contributed by atoms with Crippen LogP contribution in [0.15, 0.2) is 42.5 Å². The third kappa shape index (κ3) is 4.09. The summed E-state index contributed by atoms with van der Waals surface area (Å²) in [6.07, 6.45) is -0.0872.